The second kappa shape index (κ2) is 6.02. The summed E-state index contributed by atoms with van der Waals surface area (Å²) >= 11 is 3.44. The molecule has 2 aromatic rings. The SMILES string of the molecule is c1sc(C2CC2)nc1CSc1nnnn1CC1CCCO1. The Morgan fingerprint density at radius 1 is 1.38 bits per heavy atom. The van der Waals surface area contributed by atoms with Crippen LogP contribution in [0.15, 0.2) is 10.5 Å². The van der Waals surface area contributed by atoms with E-state index in [1.807, 2.05) is 4.68 Å². The minimum absolute atomic E-state index is 0.258. The van der Waals surface area contributed by atoms with Crippen LogP contribution >= 0.6 is 23.1 Å². The molecule has 0 amide bonds. The lowest BCUT2D eigenvalue weighted by Crippen LogP contribution is -2.16. The van der Waals surface area contributed by atoms with E-state index in [1.165, 1.54) is 17.8 Å². The van der Waals surface area contributed by atoms with Crippen LogP contribution < -0.4 is 0 Å². The summed E-state index contributed by atoms with van der Waals surface area (Å²) in [4.78, 5) is 4.70. The predicted molar refractivity (Wildman–Crippen MR) is 80.4 cm³/mol. The normalized spacial score (nSPS) is 22.0. The maximum Gasteiger partial charge on any atom is 0.209 e. The lowest BCUT2D eigenvalue weighted by molar-refractivity contribution is 0.0912. The van der Waals surface area contributed by atoms with Gasteiger partial charge in [0, 0.05) is 23.7 Å². The summed E-state index contributed by atoms with van der Waals surface area (Å²) in [5.74, 6) is 1.56. The van der Waals surface area contributed by atoms with E-state index in [2.05, 4.69) is 20.9 Å². The summed E-state index contributed by atoms with van der Waals surface area (Å²) in [6, 6.07) is 0. The molecule has 1 unspecified atom stereocenters. The Kier molecular flexibility index (Phi) is 3.91. The van der Waals surface area contributed by atoms with Gasteiger partial charge in [-0.2, -0.15) is 0 Å². The standard InChI is InChI=1S/C13H17N5OS2/c1-2-11(19-5-1)6-18-13(15-16-17-18)21-8-10-7-20-12(14-10)9-3-4-9/h7,9,11H,1-6,8H2. The minimum Gasteiger partial charge on any atom is -0.376 e. The lowest BCUT2D eigenvalue weighted by atomic mass is 10.2. The Morgan fingerprint density at radius 3 is 3.14 bits per heavy atom. The fraction of sp³-hybridized carbons (Fsp3) is 0.692. The Balaban J connectivity index is 1.36. The topological polar surface area (TPSA) is 65.7 Å². The van der Waals surface area contributed by atoms with E-state index in [1.54, 1.807) is 23.1 Å². The third-order valence-corrected chi connectivity index (χ3v) is 5.79. The second-order valence-corrected chi connectivity index (χ2v) is 7.35. The van der Waals surface area contributed by atoms with Crippen molar-refractivity contribution >= 4 is 23.1 Å². The van der Waals surface area contributed by atoms with E-state index in [-0.39, 0.29) is 6.10 Å². The fourth-order valence-corrected chi connectivity index (χ4v) is 4.32. The first-order valence-electron chi connectivity index (χ1n) is 7.33. The summed E-state index contributed by atoms with van der Waals surface area (Å²) in [5, 5.41) is 16.3. The molecule has 0 radical (unpaired) electrons. The molecule has 1 atom stereocenters. The first-order chi connectivity index (χ1) is 10.4. The molecule has 2 aliphatic rings. The van der Waals surface area contributed by atoms with E-state index in [4.69, 9.17) is 9.72 Å². The van der Waals surface area contributed by atoms with Gasteiger partial charge < -0.3 is 4.74 Å². The van der Waals surface area contributed by atoms with Crippen molar-refractivity contribution < 1.29 is 4.74 Å². The van der Waals surface area contributed by atoms with Crippen LogP contribution in [0.1, 0.15) is 42.3 Å². The van der Waals surface area contributed by atoms with Gasteiger partial charge in [-0.15, -0.1) is 16.4 Å². The molecular formula is C13H17N5OS2. The van der Waals surface area contributed by atoms with Crippen molar-refractivity contribution in [2.75, 3.05) is 6.61 Å². The van der Waals surface area contributed by atoms with Gasteiger partial charge in [-0.3, -0.25) is 0 Å². The van der Waals surface area contributed by atoms with Crippen LogP contribution in [0.5, 0.6) is 0 Å². The molecule has 8 heteroatoms. The van der Waals surface area contributed by atoms with Crippen LogP contribution in [-0.4, -0.2) is 37.9 Å². The van der Waals surface area contributed by atoms with Crippen LogP contribution in [0.25, 0.3) is 0 Å². The number of ether oxygens (including phenoxy) is 1. The molecule has 1 saturated carbocycles. The number of tetrazole rings is 1. The van der Waals surface area contributed by atoms with Crippen LogP contribution in [0, 0.1) is 0 Å². The van der Waals surface area contributed by atoms with E-state index in [0.29, 0.717) is 0 Å². The molecule has 6 nitrogen and oxygen atoms in total. The van der Waals surface area contributed by atoms with Crippen LogP contribution in [-0.2, 0) is 17.0 Å². The Labute approximate surface area is 131 Å². The van der Waals surface area contributed by atoms with Gasteiger partial charge in [-0.1, -0.05) is 11.8 Å². The summed E-state index contributed by atoms with van der Waals surface area (Å²) in [5.41, 5.74) is 1.14. The van der Waals surface area contributed by atoms with Crippen LogP contribution in [0.4, 0.5) is 0 Å². The predicted octanol–water partition coefficient (Wildman–Crippen LogP) is 2.48. The Bertz CT molecular complexity index is 603. The van der Waals surface area contributed by atoms with Crippen LogP contribution in [0.3, 0.4) is 0 Å². The van der Waals surface area contributed by atoms with Gasteiger partial charge in [0.1, 0.15) is 0 Å². The molecule has 2 aromatic heterocycles. The number of thiazole rings is 1. The Hall–Kier alpha value is -0.990. The summed E-state index contributed by atoms with van der Waals surface area (Å²) in [6.07, 6.45) is 5.10. The highest BCUT2D eigenvalue weighted by atomic mass is 32.2. The number of rotatable bonds is 6. The van der Waals surface area contributed by atoms with Crippen molar-refractivity contribution in [1.29, 1.82) is 0 Å². The zero-order valence-corrected chi connectivity index (χ0v) is 13.3. The van der Waals surface area contributed by atoms with Gasteiger partial charge in [0.2, 0.25) is 5.16 Å². The molecule has 0 N–H and O–H groups in total. The van der Waals surface area contributed by atoms with Crippen molar-refractivity contribution in [1.82, 2.24) is 25.2 Å². The Morgan fingerprint density at radius 2 is 2.33 bits per heavy atom. The monoisotopic (exact) mass is 323 g/mol. The highest BCUT2D eigenvalue weighted by molar-refractivity contribution is 7.98. The van der Waals surface area contributed by atoms with Crippen molar-refractivity contribution in [2.45, 2.75) is 55.2 Å². The van der Waals surface area contributed by atoms with Gasteiger partial charge in [-0.05, 0) is 36.1 Å². The van der Waals surface area contributed by atoms with Crippen molar-refractivity contribution in [3.05, 3.63) is 16.1 Å². The lowest BCUT2D eigenvalue weighted by Gasteiger charge is -2.09. The van der Waals surface area contributed by atoms with Gasteiger partial charge in [0.15, 0.2) is 0 Å². The molecule has 2 fully saturated rings. The quantitative estimate of drug-likeness (QED) is 0.761. The van der Waals surface area contributed by atoms with E-state index in [9.17, 15) is 0 Å². The van der Waals surface area contributed by atoms with Crippen molar-refractivity contribution in [3.63, 3.8) is 0 Å². The van der Waals surface area contributed by atoms with Crippen LogP contribution in [0.2, 0.25) is 0 Å². The van der Waals surface area contributed by atoms with Gasteiger partial charge >= 0.3 is 0 Å². The zero-order chi connectivity index (χ0) is 14.1. The van der Waals surface area contributed by atoms with E-state index < -0.39 is 0 Å². The minimum atomic E-state index is 0.258. The number of nitrogens with zero attached hydrogens (tertiary/aromatic N) is 5. The molecule has 0 aromatic carbocycles. The maximum absolute atomic E-state index is 5.64. The molecule has 1 saturated heterocycles. The molecule has 1 aliphatic carbocycles. The first kappa shape index (κ1) is 13.7. The average molecular weight is 323 g/mol. The molecule has 21 heavy (non-hydrogen) atoms. The smallest absolute Gasteiger partial charge is 0.209 e. The second-order valence-electron chi connectivity index (χ2n) is 5.52. The molecule has 112 valence electrons. The molecular weight excluding hydrogens is 306 g/mol. The van der Waals surface area contributed by atoms with Gasteiger partial charge in [-0.25, -0.2) is 9.67 Å². The largest absolute Gasteiger partial charge is 0.376 e. The summed E-state index contributed by atoms with van der Waals surface area (Å²) in [7, 11) is 0. The highest BCUT2D eigenvalue weighted by Crippen LogP contribution is 2.41. The van der Waals surface area contributed by atoms with Gasteiger partial charge in [0.25, 0.3) is 0 Å². The van der Waals surface area contributed by atoms with Crippen molar-refractivity contribution in [3.8, 4) is 0 Å². The first-order valence-corrected chi connectivity index (χ1v) is 9.20. The van der Waals surface area contributed by atoms with Crippen molar-refractivity contribution in [2.24, 2.45) is 0 Å². The molecule has 0 bridgehead atoms. The third kappa shape index (κ3) is 3.27. The number of hydrogen-bond acceptors (Lipinski definition) is 7. The maximum atomic E-state index is 5.64. The number of thioether (sulfide) groups is 1. The zero-order valence-electron chi connectivity index (χ0n) is 11.6. The summed E-state index contributed by atoms with van der Waals surface area (Å²) < 4.78 is 7.50. The van der Waals surface area contributed by atoms with E-state index in [0.717, 1.165) is 48.5 Å². The molecule has 3 heterocycles. The van der Waals surface area contributed by atoms with E-state index >= 15 is 0 Å². The van der Waals surface area contributed by atoms with Gasteiger partial charge in [0.05, 0.1) is 23.4 Å². The highest BCUT2D eigenvalue weighted by Gasteiger charge is 2.26. The average Bonchev–Trinajstić information content (AvgIpc) is 2.94. The molecule has 1 aliphatic heterocycles. The molecule has 0 spiro atoms. The third-order valence-electron chi connectivity index (χ3n) is 3.74. The number of aromatic nitrogens is 5. The fourth-order valence-electron chi connectivity index (χ4n) is 2.44. The number of hydrogen-bond donors (Lipinski definition) is 0. The summed E-state index contributed by atoms with van der Waals surface area (Å²) in [6.45, 7) is 1.61. The molecule has 4 rings (SSSR count).